The van der Waals surface area contributed by atoms with E-state index < -0.39 is 0 Å². The van der Waals surface area contributed by atoms with Gasteiger partial charge in [-0.1, -0.05) is 36.0 Å². The lowest BCUT2D eigenvalue weighted by Gasteiger charge is -2.09. The number of nitrogens with one attached hydrogen (secondary N) is 1. The number of hydrogen-bond acceptors (Lipinski definition) is 6. The minimum absolute atomic E-state index is 0.101. The van der Waals surface area contributed by atoms with Gasteiger partial charge in [0.05, 0.1) is 7.11 Å². The first-order chi connectivity index (χ1) is 16.2. The van der Waals surface area contributed by atoms with Crippen LogP contribution in [0.3, 0.4) is 0 Å². The molecule has 4 rings (SSSR count). The molecule has 0 fully saturated rings. The molecule has 0 bridgehead atoms. The molecule has 1 N–H and O–H groups in total. The van der Waals surface area contributed by atoms with E-state index in [1.165, 1.54) is 0 Å². The summed E-state index contributed by atoms with van der Waals surface area (Å²) in [6.07, 6.45) is 3.43. The van der Waals surface area contributed by atoms with Crippen LogP contribution in [0.4, 0.5) is 0 Å². The van der Waals surface area contributed by atoms with E-state index in [9.17, 15) is 4.79 Å². The predicted octanol–water partition coefficient (Wildman–Crippen LogP) is 4.59. The zero-order valence-electron chi connectivity index (χ0n) is 18.6. The quantitative estimate of drug-likeness (QED) is 0.369. The third kappa shape index (κ3) is 5.59. The van der Waals surface area contributed by atoms with Gasteiger partial charge in [0.2, 0.25) is 0 Å². The van der Waals surface area contributed by atoms with E-state index in [1.54, 1.807) is 31.3 Å². The third-order valence-electron chi connectivity index (χ3n) is 5.12. The van der Waals surface area contributed by atoms with Gasteiger partial charge in [-0.15, -0.1) is 10.2 Å². The highest BCUT2D eigenvalue weighted by Crippen LogP contribution is 2.28. The molecule has 0 radical (unpaired) electrons. The van der Waals surface area contributed by atoms with Crippen molar-refractivity contribution in [3.63, 3.8) is 0 Å². The lowest BCUT2D eigenvalue weighted by molar-refractivity contribution is 0.0951. The molecule has 2 aromatic carbocycles. The second-order valence-corrected chi connectivity index (χ2v) is 8.25. The van der Waals surface area contributed by atoms with Gasteiger partial charge in [0, 0.05) is 42.4 Å². The highest BCUT2D eigenvalue weighted by Gasteiger charge is 2.14. The molecule has 0 spiro atoms. The lowest BCUT2D eigenvalue weighted by Crippen LogP contribution is -2.22. The van der Waals surface area contributed by atoms with Gasteiger partial charge in [-0.3, -0.25) is 9.78 Å². The number of aromatic nitrogens is 4. The molecule has 0 aliphatic carbocycles. The van der Waals surface area contributed by atoms with Crippen molar-refractivity contribution in [2.24, 2.45) is 0 Å². The Morgan fingerprint density at radius 1 is 1.03 bits per heavy atom. The SMILES string of the molecule is CCn1c(SCc2cccc(C(=O)NCc3ccncc3)c2)nnc1-c1cccc(OC)c1. The third-order valence-corrected chi connectivity index (χ3v) is 6.16. The molecule has 2 aromatic heterocycles. The van der Waals surface area contributed by atoms with Crippen LogP contribution in [-0.4, -0.2) is 32.8 Å². The molecule has 0 aliphatic heterocycles. The lowest BCUT2D eigenvalue weighted by atomic mass is 10.1. The van der Waals surface area contributed by atoms with E-state index in [0.29, 0.717) is 17.9 Å². The summed E-state index contributed by atoms with van der Waals surface area (Å²) in [5.41, 5.74) is 3.65. The summed E-state index contributed by atoms with van der Waals surface area (Å²) >= 11 is 1.60. The predicted molar refractivity (Wildman–Crippen MR) is 129 cm³/mol. The maximum absolute atomic E-state index is 12.6. The second-order valence-electron chi connectivity index (χ2n) is 7.31. The number of nitrogens with zero attached hydrogens (tertiary/aromatic N) is 4. The normalized spacial score (nSPS) is 10.7. The summed E-state index contributed by atoms with van der Waals surface area (Å²) in [4.78, 5) is 16.6. The Balaban J connectivity index is 1.43. The number of pyridine rings is 1. The molecule has 0 atom stereocenters. The number of ether oxygens (including phenoxy) is 1. The molecule has 8 heteroatoms. The van der Waals surface area contributed by atoms with Crippen LogP contribution in [0.15, 0.2) is 78.2 Å². The van der Waals surface area contributed by atoms with Gasteiger partial charge in [-0.2, -0.15) is 0 Å². The maximum atomic E-state index is 12.6. The average molecular weight is 460 g/mol. The summed E-state index contributed by atoms with van der Waals surface area (Å²) in [7, 11) is 1.65. The fourth-order valence-corrected chi connectivity index (χ4v) is 4.34. The molecule has 0 unspecified atom stereocenters. The molecule has 0 aliphatic rings. The number of thioether (sulfide) groups is 1. The smallest absolute Gasteiger partial charge is 0.251 e. The van der Waals surface area contributed by atoms with Gasteiger partial charge in [-0.05, 0) is 54.4 Å². The van der Waals surface area contributed by atoms with Crippen LogP contribution in [-0.2, 0) is 18.8 Å². The first-order valence-corrected chi connectivity index (χ1v) is 11.6. The largest absolute Gasteiger partial charge is 0.497 e. The Hall–Kier alpha value is -3.65. The molecule has 168 valence electrons. The van der Waals surface area contributed by atoms with Gasteiger partial charge >= 0.3 is 0 Å². The zero-order valence-corrected chi connectivity index (χ0v) is 19.4. The summed E-state index contributed by atoms with van der Waals surface area (Å²) in [6.45, 7) is 3.29. The van der Waals surface area contributed by atoms with Crippen LogP contribution in [0.5, 0.6) is 5.75 Å². The van der Waals surface area contributed by atoms with Crippen LogP contribution in [0.2, 0.25) is 0 Å². The fraction of sp³-hybridized carbons (Fsp3) is 0.200. The standard InChI is InChI=1S/C25H25N5O2S/c1-3-30-23(20-7-5-9-22(15-20)32-2)28-29-25(30)33-17-19-6-4-8-21(14-19)24(31)27-16-18-10-12-26-13-11-18/h4-15H,3,16-17H2,1-2H3,(H,27,31). The second kappa shape index (κ2) is 10.8. The first kappa shape index (κ1) is 22.5. The van der Waals surface area contributed by atoms with Crippen molar-refractivity contribution in [2.45, 2.75) is 30.9 Å². The summed E-state index contributed by atoms with van der Waals surface area (Å²) in [6, 6.07) is 19.3. The Labute approximate surface area is 197 Å². The Morgan fingerprint density at radius 2 is 1.85 bits per heavy atom. The van der Waals surface area contributed by atoms with Crippen LogP contribution < -0.4 is 10.1 Å². The van der Waals surface area contributed by atoms with E-state index in [-0.39, 0.29) is 5.91 Å². The van der Waals surface area contributed by atoms with Gasteiger partial charge < -0.3 is 14.6 Å². The van der Waals surface area contributed by atoms with E-state index in [1.807, 2.05) is 60.7 Å². The van der Waals surface area contributed by atoms with E-state index in [2.05, 4.69) is 32.0 Å². The Bertz CT molecular complexity index is 1230. The van der Waals surface area contributed by atoms with Gasteiger partial charge in [0.1, 0.15) is 5.75 Å². The number of amides is 1. The van der Waals surface area contributed by atoms with E-state index in [4.69, 9.17) is 4.74 Å². The molecule has 1 amide bonds. The Kier molecular flexibility index (Phi) is 7.36. The van der Waals surface area contributed by atoms with Crippen molar-refractivity contribution in [2.75, 3.05) is 7.11 Å². The summed E-state index contributed by atoms with van der Waals surface area (Å²) in [5.74, 6) is 2.17. The molecule has 33 heavy (non-hydrogen) atoms. The van der Waals surface area contributed by atoms with E-state index >= 15 is 0 Å². The molecule has 0 saturated carbocycles. The van der Waals surface area contributed by atoms with Crippen molar-refractivity contribution in [3.8, 4) is 17.1 Å². The van der Waals surface area contributed by atoms with Crippen molar-refractivity contribution >= 4 is 17.7 Å². The van der Waals surface area contributed by atoms with Crippen molar-refractivity contribution in [1.29, 1.82) is 0 Å². The highest BCUT2D eigenvalue weighted by molar-refractivity contribution is 7.98. The van der Waals surface area contributed by atoms with Crippen LogP contribution in [0.1, 0.15) is 28.4 Å². The minimum atomic E-state index is -0.101. The summed E-state index contributed by atoms with van der Waals surface area (Å²) in [5, 5.41) is 12.6. The molecule has 7 nitrogen and oxygen atoms in total. The topological polar surface area (TPSA) is 81.9 Å². The van der Waals surface area contributed by atoms with Crippen LogP contribution >= 0.6 is 11.8 Å². The minimum Gasteiger partial charge on any atom is -0.497 e. The number of carbonyl (C=O) groups is 1. The number of benzene rings is 2. The van der Waals surface area contributed by atoms with Gasteiger partial charge in [0.25, 0.3) is 5.91 Å². The van der Waals surface area contributed by atoms with Crippen LogP contribution in [0, 0.1) is 0 Å². The number of rotatable bonds is 9. The van der Waals surface area contributed by atoms with Crippen LogP contribution in [0.25, 0.3) is 11.4 Å². The molecular weight excluding hydrogens is 434 g/mol. The first-order valence-electron chi connectivity index (χ1n) is 10.6. The zero-order chi connectivity index (χ0) is 23.0. The summed E-state index contributed by atoms with van der Waals surface area (Å²) < 4.78 is 7.42. The maximum Gasteiger partial charge on any atom is 0.251 e. The van der Waals surface area contributed by atoms with Gasteiger partial charge in [-0.25, -0.2) is 0 Å². The van der Waals surface area contributed by atoms with Gasteiger partial charge in [0.15, 0.2) is 11.0 Å². The number of methoxy groups -OCH3 is 1. The van der Waals surface area contributed by atoms with E-state index in [0.717, 1.165) is 40.0 Å². The highest BCUT2D eigenvalue weighted by atomic mass is 32.2. The number of carbonyl (C=O) groups excluding carboxylic acids is 1. The monoisotopic (exact) mass is 459 g/mol. The van der Waals surface area contributed by atoms with Crippen molar-refractivity contribution in [1.82, 2.24) is 25.1 Å². The Morgan fingerprint density at radius 3 is 2.64 bits per heavy atom. The number of hydrogen-bond donors (Lipinski definition) is 1. The molecular formula is C25H25N5O2S. The molecule has 2 heterocycles. The fourth-order valence-electron chi connectivity index (χ4n) is 3.39. The molecule has 4 aromatic rings. The molecule has 0 saturated heterocycles. The van der Waals surface area contributed by atoms with Crippen molar-refractivity contribution < 1.29 is 9.53 Å². The van der Waals surface area contributed by atoms with Crippen molar-refractivity contribution in [3.05, 3.63) is 89.7 Å². The average Bonchev–Trinajstić information content (AvgIpc) is 3.30.